The average Bonchev–Trinajstić information content (AvgIpc) is 3.13. The summed E-state index contributed by atoms with van der Waals surface area (Å²) >= 11 is 0. The Bertz CT molecular complexity index is 890. The van der Waals surface area contributed by atoms with Gasteiger partial charge in [0.05, 0.1) is 32.8 Å². The van der Waals surface area contributed by atoms with Gasteiger partial charge in [-0.3, -0.25) is 0 Å². The molecule has 0 radical (unpaired) electrons. The van der Waals surface area contributed by atoms with Gasteiger partial charge in [0.15, 0.2) is 17.0 Å². The van der Waals surface area contributed by atoms with Crippen molar-refractivity contribution in [2.45, 2.75) is 26.3 Å². The molecule has 1 aliphatic heterocycles. The molecule has 0 saturated carbocycles. The summed E-state index contributed by atoms with van der Waals surface area (Å²) in [5.41, 5.74) is 2.71. The first-order chi connectivity index (χ1) is 13.8. The highest BCUT2D eigenvalue weighted by Crippen LogP contribution is 2.19. The third-order valence-electron chi connectivity index (χ3n) is 5.03. The van der Waals surface area contributed by atoms with Gasteiger partial charge in [-0.05, 0) is 12.0 Å². The minimum absolute atomic E-state index is 0.650. The number of quaternary nitrogens is 1. The van der Waals surface area contributed by atoms with Crippen LogP contribution in [0, 0.1) is 0 Å². The predicted molar refractivity (Wildman–Crippen MR) is 108 cm³/mol. The van der Waals surface area contributed by atoms with Gasteiger partial charge >= 0.3 is 0 Å². The van der Waals surface area contributed by atoms with Crippen molar-refractivity contribution in [2.75, 3.05) is 44.7 Å². The number of aryl methyl sites for hydroxylation is 1. The van der Waals surface area contributed by atoms with Gasteiger partial charge in [-0.15, -0.1) is 5.10 Å². The van der Waals surface area contributed by atoms with Crippen molar-refractivity contribution < 1.29 is 9.64 Å². The molecule has 0 bridgehead atoms. The molecular formula is C20H28N7O+. The van der Waals surface area contributed by atoms with Gasteiger partial charge in [0, 0.05) is 6.42 Å². The molecule has 2 aromatic heterocycles. The zero-order valence-electron chi connectivity index (χ0n) is 16.4. The van der Waals surface area contributed by atoms with Crippen LogP contribution in [0.1, 0.15) is 24.7 Å². The fraction of sp³-hybridized carbons (Fsp3) is 0.500. The minimum atomic E-state index is 0.650. The van der Waals surface area contributed by atoms with Crippen molar-refractivity contribution in [1.82, 2.24) is 25.0 Å². The van der Waals surface area contributed by atoms with Gasteiger partial charge < -0.3 is 15.0 Å². The van der Waals surface area contributed by atoms with E-state index in [4.69, 9.17) is 14.7 Å². The summed E-state index contributed by atoms with van der Waals surface area (Å²) < 4.78 is 7.30. The van der Waals surface area contributed by atoms with Crippen LogP contribution in [0.15, 0.2) is 30.3 Å². The van der Waals surface area contributed by atoms with E-state index in [0.29, 0.717) is 6.54 Å². The van der Waals surface area contributed by atoms with Crippen LogP contribution in [0.3, 0.4) is 0 Å². The smallest absolute Gasteiger partial charge is 0.184 e. The summed E-state index contributed by atoms with van der Waals surface area (Å²) in [6.45, 7) is 8.50. The maximum atomic E-state index is 5.43. The quantitative estimate of drug-likeness (QED) is 0.592. The number of benzene rings is 1. The molecule has 148 valence electrons. The molecule has 4 rings (SSSR count). The first-order valence-corrected chi connectivity index (χ1v) is 10.1. The lowest BCUT2D eigenvalue weighted by Gasteiger charge is -2.23. The van der Waals surface area contributed by atoms with E-state index in [-0.39, 0.29) is 0 Å². The lowest BCUT2D eigenvalue weighted by Crippen LogP contribution is -3.14. The molecule has 1 fully saturated rings. The Labute approximate surface area is 164 Å². The second-order valence-corrected chi connectivity index (χ2v) is 7.18. The lowest BCUT2D eigenvalue weighted by atomic mass is 10.2. The van der Waals surface area contributed by atoms with E-state index >= 15 is 0 Å². The van der Waals surface area contributed by atoms with E-state index in [1.54, 1.807) is 4.90 Å². The number of nitrogens with zero attached hydrogens (tertiary/aromatic N) is 5. The minimum Gasteiger partial charge on any atom is -0.370 e. The Balaban J connectivity index is 1.54. The summed E-state index contributed by atoms with van der Waals surface area (Å²) in [6.07, 6.45) is 1.85. The molecule has 3 heterocycles. The van der Waals surface area contributed by atoms with Crippen molar-refractivity contribution in [3.05, 3.63) is 41.7 Å². The van der Waals surface area contributed by atoms with Crippen LogP contribution in [0.25, 0.3) is 11.2 Å². The second kappa shape index (κ2) is 9.07. The van der Waals surface area contributed by atoms with E-state index < -0.39 is 0 Å². The van der Waals surface area contributed by atoms with Crippen molar-refractivity contribution in [1.29, 1.82) is 0 Å². The number of nitrogens with one attached hydrogen (secondary N) is 2. The molecule has 2 N–H and O–H groups in total. The Morgan fingerprint density at radius 2 is 1.96 bits per heavy atom. The standard InChI is InChI=1S/C20H27N7O/c1-2-6-17-22-19(21-9-10-26-11-13-28-14-12-26)18-20(23-17)27(25-24-18)15-16-7-4-3-5-8-16/h3-5,7-8H,2,6,9-15H2,1H3,(H,21,22,23)/p+1. The van der Waals surface area contributed by atoms with Crippen LogP contribution in [0.2, 0.25) is 0 Å². The van der Waals surface area contributed by atoms with E-state index in [1.807, 2.05) is 22.9 Å². The number of anilines is 1. The molecular weight excluding hydrogens is 354 g/mol. The number of hydrogen-bond acceptors (Lipinski definition) is 6. The molecule has 28 heavy (non-hydrogen) atoms. The van der Waals surface area contributed by atoms with Crippen LogP contribution in [0.5, 0.6) is 0 Å². The molecule has 8 heteroatoms. The van der Waals surface area contributed by atoms with Crippen LogP contribution in [-0.4, -0.2) is 64.4 Å². The van der Waals surface area contributed by atoms with Gasteiger partial charge in [-0.1, -0.05) is 42.5 Å². The van der Waals surface area contributed by atoms with Crippen molar-refractivity contribution >= 4 is 17.0 Å². The Kier molecular flexibility index (Phi) is 6.08. The maximum Gasteiger partial charge on any atom is 0.184 e. The highest BCUT2D eigenvalue weighted by Gasteiger charge is 2.17. The fourth-order valence-corrected chi connectivity index (χ4v) is 3.49. The van der Waals surface area contributed by atoms with E-state index in [0.717, 1.165) is 75.0 Å². The van der Waals surface area contributed by atoms with Crippen LogP contribution < -0.4 is 10.2 Å². The number of rotatable bonds is 8. The van der Waals surface area contributed by atoms with Crippen molar-refractivity contribution in [2.24, 2.45) is 0 Å². The van der Waals surface area contributed by atoms with Crippen molar-refractivity contribution in [3.63, 3.8) is 0 Å². The highest BCUT2D eigenvalue weighted by atomic mass is 16.5. The molecule has 0 atom stereocenters. The van der Waals surface area contributed by atoms with Gasteiger partial charge in [0.2, 0.25) is 0 Å². The third-order valence-corrected chi connectivity index (χ3v) is 5.03. The molecule has 0 aliphatic carbocycles. The predicted octanol–water partition coefficient (Wildman–Crippen LogP) is 0.549. The number of fused-ring (bicyclic) bond motifs is 1. The Morgan fingerprint density at radius 1 is 1.14 bits per heavy atom. The topological polar surface area (TPSA) is 82.2 Å². The summed E-state index contributed by atoms with van der Waals surface area (Å²) in [5, 5.41) is 12.2. The van der Waals surface area contributed by atoms with Gasteiger partial charge in [0.1, 0.15) is 18.9 Å². The molecule has 8 nitrogen and oxygen atoms in total. The van der Waals surface area contributed by atoms with Crippen molar-refractivity contribution in [3.8, 4) is 0 Å². The zero-order chi connectivity index (χ0) is 19.2. The molecule has 1 saturated heterocycles. The molecule has 0 unspecified atom stereocenters. The van der Waals surface area contributed by atoms with E-state index in [2.05, 4.69) is 34.7 Å². The Hall–Kier alpha value is -2.58. The second-order valence-electron chi connectivity index (χ2n) is 7.18. The van der Waals surface area contributed by atoms with E-state index in [1.165, 1.54) is 5.56 Å². The maximum absolute atomic E-state index is 5.43. The first kappa shape index (κ1) is 18.8. The van der Waals surface area contributed by atoms with Gasteiger partial charge in [-0.2, -0.15) is 0 Å². The van der Waals surface area contributed by atoms with Gasteiger partial charge in [0.25, 0.3) is 0 Å². The number of ether oxygens (including phenoxy) is 1. The molecule has 3 aromatic rings. The monoisotopic (exact) mass is 382 g/mol. The molecule has 1 aliphatic rings. The first-order valence-electron chi connectivity index (χ1n) is 10.1. The molecule has 0 spiro atoms. The summed E-state index contributed by atoms with van der Waals surface area (Å²) in [7, 11) is 0. The summed E-state index contributed by atoms with van der Waals surface area (Å²) in [5.74, 6) is 1.63. The normalized spacial score (nSPS) is 15.2. The van der Waals surface area contributed by atoms with E-state index in [9.17, 15) is 0 Å². The zero-order valence-corrected chi connectivity index (χ0v) is 16.4. The number of aromatic nitrogens is 5. The third kappa shape index (κ3) is 4.45. The largest absolute Gasteiger partial charge is 0.370 e. The lowest BCUT2D eigenvalue weighted by molar-refractivity contribution is -0.906. The summed E-state index contributed by atoms with van der Waals surface area (Å²) in [4.78, 5) is 11.0. The van der Waals surface area contributed by atoms with Crippen LogP contribution in [-0.2, 0) is 17.7 Å². The Morgan fingerprint density at radius 3 is 2.75 bits per heavy atom. The number of hydrogen-bond donors (Lipinski definition) is 2. The SMILES string of the molecule is CCCc1nc(NCC[NH+]2CCOCC2)c2nnn(Cc3ccccc3)c2n1. The van der Waals surface area contributed by atoms with Crippen LogP contribution >= 0.6 is 0 Å². The average molecular weight is 382 g/mol. The molecule has 1 aromatic carbocycles. The highest BCUT2D eigenvalue weighted by molar-refractivity contribution is 5.82. The molecule has 0 amide bonds. The van der Waals surface area contributed by atoms with Gasteiger partial charge in [-0.25, -0.2) is 14.6 Å². The fourth-order valence-electron chi connectivity index (χ4n) is 3.49. The number of morpholine rings is 1. The summed E-state index contributed by atoms with van der Waals surface area (Å²) in [6, 6.07) is 10.3. The van der Waals surface area contributed by atoms with Crippen LogP contribution in [0.4, 0.5) is 5.82 Å².